The third-order valence-corrected chi connectivity index (χ3v) is 10.2. The molecule has 0 spiro atoms. The van der Waals surface area contributed by atoms with Crippen LogP contribution >= 0.6 is 35.5 Å². The van der Waals surface area contributed by atoms with Crippen molar-refractivity contribution in [2.24, 2.45) is 7.05 Å². The lowest BCUT2D eigenvalue weighted by atomic mass is 9.97. The molecule has 45 heavy (non-hydrogen) atoms. The Hall–Kier alpha value is -3.63. The van der Waals surface area contributed by atoms with Crippen molar-refractivity contribution < 1.29 is 9.30 Å². The number of rotatable bonds is 7. The molecular formula is C32H35BrClN8O2P. The van der Waals surface area contributed by atoms with E-state index in [0.717, 1.165) is 76.9 Å². The van der Waals surface area contributed by atoms with Crippen LogP contribution in [0.1, 0.15) is 5.56 Å². The number of nitrogens with zero attached hydrogens (tertiary/aromatic N) is 5. The Morgan fingerprint density at radius 2 is 1.84 bits per heavy atom. The highest BCUT2D eigenvalue weighted by Crippen LogP contribution is 2.47. The standard InChI is InChI=1S/C32H34BrN8O2P.ClH/c1-40-19-21(17-36-40)24-16-27(29-23(10-15-43-29)28(24)41-13-11-34-12-14-41)38-32-35-18-25(33)31(39-32)37-26-9-8-20-6-4-5-7-22(20)30(26)44(2,3)42;/h4-9,16-19,34H,10-15H2,1-3H3,(H2,35,37,38,39);1H. The molecule has 234 valence electrons. The topological polar surface area (TPSA) is 109 Å². The van der Waals surface area contributed by atoms with E-state index in [1.165, 1.54) is 11.3 Å². The van der Waals surface area contributed by atoms with Gasteiger partial charge in [0.05, 0.1) is 34.3 Å². The highest BCUT2D eigenvalue weighted by atomic mass is 79.9. The molecule has 2 aliphatic rings. The summed E-state index contributed by atoms with van der Waals surface area (Å²) >= 11 is 3.62. The van der Waals surface area contributed by atoms with E-state index in [2.05, 4.69) is 52.9 Å². The molecule has 4 heterocycles. The molecule has 2 aromatic heterocycles. The Labute approximate surface area is 276 Å². The third-order valence-electron chi connectivity index (χ3n) is 8.08. The van der Waals surface area contributed by atoms with E-state index >= 15 is 0 Å². The van der Waals surface area contributed by atoms with Gasteiger partial charge in [-0.1, -0.05) is 30.3 Å². The molecule has 0 unspecified atom stereocenters. The number of aryl methyl sites for hydroxylation is 1. The summed E-state index contributed by atoms with van der Waals surface area (Å²) in [5, 5.41) is 17.6. The molecule has 1 saturated heterocycles. The molecule has 0 saturated carbocycles. The highest BCUT2D eigenvalue weighted by molar-refractivity contribution is 9.10. The van der Waals surface area contributed by atoms with Gasteiger partial charge in [0, 0.05) is 74.0 Å². The third kappa shape index (κ3) is 6.14. The van der Waals surface area contributed by atoms with Crippen LogP contribution in [0.2, 0.25) is 0 Å². The Morgan fingerprint density at radius 3 is 2.60 bits per heavy atom. The first kappa shape index (κ1) is 31.4. The van der Waals surface area contributed by atoms with E-state index in [4.69, 9.17) is 9.72 Å². The lowest BCUT2D eigenvalue weighted by molar-refractivity contribution is 0.358. The largest absolute Gasteiger partial charge is 0.491 e. The number of halogens is 2. The van der Waals surface area contributed by atoms with Crippen molar-refractivity contribution in [3.8, 4) is 16.9 Å². The van der Waals surface area contributed by atoms with Crippen LogP contribution in [-0.4, -0.2) is 65.9 Å². The quantitative estimate of drug-likeness (QED) is 0.168. The minimum atomic E-state index is -2.65. The van der Waals surface area contributed by atoms with Crippen molar-refractivity contribution in [1.82, 2.24) is 25.1 Å². The van der Waals surface area contributed by atoms with Crippen LogP contribution in [0.25, 0.3) is 21.9 Å². The Balaban J connectivity index is 0.00000357. The first-order valence-corrected chi connectivity index (χ1v) is 18.1. The maximum absolute atomic E-state index is 13.5. The zero-order valence-corrected chi connectivity index (χ0v) is 28.6. The molecule has 0 bridgehead atoms. The normalized spacial score (nSPS) is 14.5. The van der Waals surface area contributed by atoms with Gasteiger partial charge in [-0.05, 0) is 52.2 Å². The molecule has 0 aliphatic carbocycles. The van der Waals surface area contributed by atoms with Crippen molar-refractivity contribution in [1.29, 1.82) is 0 Å². The van der Waals surface area contributed by atoms with Gasteiger partial charge in [0.25, 0.3) is 0 Å². The van der Waals surface area contributed by atoms with Crippen molar-refractivity contribution in [3.63, 3.8) is 0 Å². The van der Waals surface area contributed by atoms with Gasteiger partial charge in [-0.25, -0.2) is 4.98 Å². The van der Waals surface area contributed by atoms with Crippen molar-refractivity contribution in [3.05, 3.63) is 71.1 Å². The monoisotopic (exact) mass is 708 g/mol. The summed E-state index contributed by atoms with van der Waals surface area (Å²) in [5.41, 5.74) is 6.11. The van der Waals surface area contributed by atoms with Gasteiger partial charge < -0.3 is 30.2 Å². The summed E-state index contributed by atoms with van der Waals surface area (Å²) in [6.45, 7) is 7.95. The fourth-order valence-corrected chi connectivity index (χ4v) is 7.97. The minimum Gasteiger partial charge on any atom is -0.491 e. The second-order valence-electron chi connectivity index (χ2n) is 11.5. The van der Waals surface area contributed by atoms with Crippen molar-refractivity contribution in [2.75, 3.05) is 61.6 Å². The van der Waals surface area contributed by atoms with Crippen LogP contribution in [0.3, 0.4) is 0 Å². The molecule has 13 heteroatoms. The number of anilines is 5. The predicted octanol–water partition coefficient (Wildman–Crippen LogP) is 6.29. The number of benzene rings is 3. The van der Waals surface area contributed by atoms with Gasteiger partial charge in [-0.3, -0.25) is 4.68 Å². The number of ether oxygens (including phenoxy) is 1. The predicted molar refractivity (Wildman–Crippen MR) is 190 cm³/mol. The number of hydrogen-bond donors (Lipinski definition) is 3. The molecule has 10 nitrogen and oxygen atoms in total. The number of hydrogen-bond acceptors (Lipinski definition) is 9. The Morgan fingerprint density at radius 1 is 1.04 bits per heavy atom. The lowest BCUT2D eigenvalue weighted by Crippen LogP contribution is -2.44. The summed E-state index contributed by atoms with van der Waals surface area (Å²) < 4.78 is 22.3. The van der Waals surface area contributed by atoms with Crippen LogP contribution < -0.4 is 30.9 Å². The molecule has 0 radical (unpaired) electrons. The second kappa shape index (κ2) is 12.6. The lowest BCUT2D eigenvalue weighted by Gasteiger charge is -2.33. The van der Waals surface area contributed by atoms with Gasteiger partial charge in [-0.2, -0.15) is 10.1 Å². The van der Waals surface area contributed by atoms with Gasteiger partial charge in [0.15, 0.2) is 0 Å². The summed E-state index contributed by atoms with van der Waals surface area (Å²) in [6.07, 6.45) is 6.50. The molecule has 5 aromatic rings. The molecule has 0 atom stereocenters. The van der Waals surface area contributed by atoms with E-state index in [1.807, 2.05) is 60.5 Å². The Kier molecular flexibility index (Phi) is 8.81. The second-order valence-corrected chi connectivity index (χ2v) is 15.5. The van der Waals surface area contributed by atoms with E-state index in [1.54, 1.807) is 19.5 Å². The first-order chi connectivity index (χ1) is 21.3. The smallest absolute Gasteiger partial charge is 0.229 e. The van der Waals surface area contributed by atoms with E-state index in [0.29, 0.717) is 22.8 Å². The molecule has 3 aromatic carbocycles. The van der Waals surface area contributed by atoms with E-state index in [9.17, 15) is 4.57 Å². The van der Waals surface area contributed by atoms with Crippen LogP contribution in [0.5, 0.6) is 5.75 Å². The minimum absolute atomic E-state index is 0. The van der Waals surface area contributed by atoms with Crippen LogP contribution in [0.4, 0.5) is 28.8 Å². The van der Waals surface area contributed by atoms with Gasteiger partial charge >= 0.3 is 0 Å². The zero-order valence-electron chi connectivity index (χ0n) is 25.3. The van der Waals surface area contributed by atoms with Gasteiger partial charge in [0.1, 0.15) is 18.7 Å². The maximum Gasteiger partial charge on any atom is 0.229 e. The average Bonchev–Trinajstić information content (AvgIpc) is 3.68. The van der Waals surface area contributed by atoms with Crippen LogP contribution in [0.15, 0.2) is 65.5 Å². The number of piperazine rings is 1. The molecule has 1 fully saturated rings. The average molecular weight is 710 g/mol. The molecule has 3 N–H and O–H groups in total. The fraction of sp³-hybridized carbons (Fsp3) is 0.281. The molecular weight excluding hydrogens is 675 g/mol. The van der Waals surface area contributed by atoms with Crippen molar-refractivity contribution >= 4 is 80.4 Å². The summed E-state index contributed by atoms with van der Waals surface area (Å²) in [4.78, 5) is 11.9. The highest BCUT2D eigenvalue weighted by Gasteiger charge is 2.29. The van der Waals surface area contributed by atoms with E-state index in [-0.39, 0.29) is 12.4 Å². The summed E-state index contributed by atoms with van der Waals surface area (Å²) in [7, 11) is -0.712. The molecule has 2 aliphatic heterocycles. The number of fused-ring (bicyclic) bond motifs is 2. The van der Waals surface area contributed by atoms with E-state index < -0.39 is 7.14 Å². The first-order valence-electron chi connectivity index (χ1n) is 14.7. The zero-order chi connectivity index (χ0) is 30.4. The molecule has 0 amide bonds. The SMILES string of the molecule is Cl.Cn1cc(-c2cc(Nc3ncc(Br)c(Nc4ccc5ccccc5c4P(C)(C)=O)n3)c3c(c2N2CCNCC2)CCO3)cn1. The van der Waals surface area contributed by atoms with Crippen LogP contribution in [-0.2, 0) is 18.0 Å². The van der Waals surface area contributed by atoms with Gasteiger partial charge in [-0.15, -0.1) is 12.4 Å². The summed E-state index contributed by atoms with van der Waals surface area (Å²) in [5.74, 6) is 1.82. The number of nitrogens with one attached hydrogen (secondary N) is 3. The van der Waals surface area contributed by atoms with Crippen molar-refractivity contribution in [2.45, 2.75) is 6.42 Å². The Bertz CT molecular complexity index is 1940. The molecule has 7 rings (SSSR count). The maximum atomic E-state index is 13.5. The fourth-order valence-electron chi connectivity index (χ4n) is 6.18. The summed E-state index contributed by atoms with van der Waals surface area (Å²) in [6, 6.07) is 14.1. The van der Waals surface area contributed by atoms with Gasteiger partial charge in [0.2, 0.25) is 5.95 Å². The number of aromatic nitrogens is 4. The van der Waals surface area contributed by atoms with Crippen LogP contribution in [0, 0.1) is 0 Å².